The molecule has 0 aliphatic carbocycles. The number of methoxy groups -OCH3 is 1. The van der Waals surface area contributed by atoms with Gasteiger partial charge in [-0.3, -0.25) is 19.2 Å². The van der Waals surface area contributed by atoms with Crippen molar-refractivity contribution >= 4 is 23.8 Å². The smallest absolute Gasteiger partial charge is 0.303 e. The van der Waals surface area contributed by atoms with Crippen LogP contribution in [0.2, 0.25) is 0 Å². The number of ether oxygens (including phenoxy) is 6. The number of amides is 1. The molecule has 1 aliphatic rings. The number of nitrogens with zero attached hydrogens (tertiary/aromatic N) is 1. The van der Waals surface area contributed by atoms with Crippen LogP contribution in [0, 0.1) is 0 Å². The van der Waals surface area contributed by atoms with Gasteiger partial charge in [0.2, 0.25) is 5.91 Å². The van der Waals surface area contributed by atoms with Crippen LogP contribution in [0.25, 0.3) is 0 Å². The summed E-state index contributed by atoms with van der Waals surface area (Å²) in [6.07, 6.45) is 23.9. The Hall–Kier alpha value is -4.90. The van der Waals surface area contributed by atoms with Crippen LogP contribution in [0.5, 0.6) is 11.5 Å². The van der Waals surface area contributed by atoms with Crippen LogP contribution in [-0.2, 0) is 38.1 Å². The third-order valence-corrected chi connectivity index (χ3v) is 14.2. The zero-order valence-electron chi connectivity index (χ0n) is 45.8. The van der Waals surface area contributed by atoms with E-state index in [0.717, 1.165) is 49.7 Å². The van der Waals surface area contributed by atoms with E-state index in [1.54, 1.807) is 36.3 Å². The molecule has 0 spiro atoms. The maximum Gasteiger partial charge on any atom is 0.303 e. The lowest BCUT2D eigenvalue weighted by Crippen LogP contribution is -2.76. The Morgan fingerprint density at radius 2 is 0.904 bits per heavy atom. The second-order valence-corrected chi connectivity index (χ2v) is 20.3. The van der Waals surface area contributed by atoms with Crippen molar-refractivity contribution in [1.82, 2.24) is 4.90 Å². The highest BCUT2D eigenvalue weighted by atomic mass is 16.7. The van der Waals surface area contributed by atoms with E-state index in [9.17, 15) is 14.4 Å². The summed E-state index contributed by atoms with van der Waals surface area (Å²) in [5.74, 6) is -1.89. The van der Waals surface area contributed by atoms with E-state index in [1.165, 1.54) is 130 Å². The summed E-state index contributed by atoms with van der Waals surface area (Å²) in [7, 11) is 1.59. The lowest BCUT2D eigenvalue weighted by Gasteiger charge is -2.58. The summed E-state index contributed by atoms with van der Waals surface area (Å²) in [5, 5.41) is 0. The maximum atomic E-state index is 15.6. The summed E-state index contributed by atoms with van der Waals surface area (Å²) >= 11 is 0. The zero-order chi connectivity index (χ0) is 52.5. The summed E-state index contributed by atoms with van der Waals surface area (Å²) in [6, 6.07) is 26.6. The Balaban J connectivity index is 1.77. The monoisotopic (exact) mass is 1010 g/mol. The summed E-state index contributed by atoms with van der Waals surface area (Å²) in [4.78, 5) is 57.7. The van der Waals surface area contributed by atoms with Crippen LogP contribution in [0.3, 0.4) is 0 Å². The third kappa shape index (κ3) is 21.1. The molecule has 3 aromatic rings. The largest absolute Gasteiger partial charge is 0.497 e. The number of unbranched alkanes of at least 4 members (excludes halogenated alkanes) is 23. The van der Waals surface area contributed by atoms with Crippen LogP contribution in [0.15, 0.2) is 84.9 Å². The van der Waals surface area contributed by atoms with Crippen molar-refractivity contribution < 1.29 is 47.6 Å². The Kier molecular flexibility index (Phi) is 29.4. The van der Waals surface area contributed by atoms with Crippen LogP contribution >= 0.6 is 0 Å². The third-order valence-electron chi connectivity index (χ3n) is 14.2. The molecule has 5 atom stereocenters. The average molecular weight is 1010 g/mol. The first-order valence-corrected chi connectivity index (χ1v) is 28.4. The SMILES string of the molecule is CCCCCCCCCCCCCCCCCCN(C(=O)CCCCCCCCCCC)[C@]1(C(c2ccccc2)c2ccccc2)O[C@H](COc2ccc(OC)cc2)[C@@H](OC(C)=O)[C@H](OC(C)=O)[C@H]1OC(C)=O. The van der Waals surface area contributed by atoms with E-state index in [-0.39, 0.29) is 25.5 Å². The Labute approximate surface area is 440 Å². The highest BCUT2D eigenvalue weighted by Crippen LogP contribution is 2.50. The normalized spacial score (nSPS) is 18.5. The molecule has 1 saturated heterocycles. The van der Waals surface area contributed by atoms with Gasteiger partial charge in [-0.15, -0.1) is 0 Å². The van der Waals surface area contributed by atoms with E-state index in [1.807, 2.05) is 60.7 Å². The molecule has 1 aliphatic heterocycles. The lowest BCUT2D eigenvalue weighted by molar-refractivity contribution is -0.324. The fourth-order valence-electron chi connectivity index (χ4n) is 10.6. The molecule has 1 fully saturated rings. The van der Waals surface area contributed by atoms with Crippen molar-refractivity contribution in [2.24, 2.45) is 0 Å². The van der Waals surface area contributed by atoms with Crippen molar-refractivity contribution in [2.45, 2.75) is 238 Å². The number of carbonyl (C=O) groups is 4. The highest BCUT2D eigenvalue weighted by Gasteiger charge is 2.66. The van der Waals surface area contributed by atoms with Gasteiger partial charge in [-0.1, -0.05) is 222 Å². The first kappa shape index (κ1) is 60.7. The molecule has 3 aromatic carbocycles. The van der Waals surface area contributed by atoms with Gasteiger partial charge in [0.05, 0.1) is 13.0 Å². The quantitative estimate of drug-likeness (QED) is 0.0311. The lowest BCUT2D eigenvalue weighted by atomic mass is 9.73. The van der Waals surface area contributed by atoms with Crippen LogP contribution < -0.4 is 9.47 Å². The number of esters is 3. The molecular weight excluding hydrogens is 919 g/mol. The van der Waals surface area contributed by atoms with Gasteiger partial charge in [0.15, 0.2) is 24.0 Å². The summed E-state index contributed by atoms with van der Waals surface area (Å²) < 4.78 is 38.3. The fourth-order valence-corrected chi connectivity index (χ4v) is 10.6. The van der Waals surface area contributed by atoms with Gasteiger partial charge in [-0.05, 0) is 48.2 Å². The fraction of sp³-hybridized carbons (Fsp3) is 0.645. The molecule has 0 aromatic heterocycles. The average Bonchev–Trinajstić information content (AvgIpc) is 3.38. The van der Waals surface area contributed by atoms with Gasteiger partial charge in [0.1, 0.15) is 24.2 Å². The second kappa shape index (κ2) is 35.3. The number of hydrogen-bond donors (Lipinski definition) is 0. The van der Waals surface area contributed by atoms with Gasteiger partial charge >= 0.3 is 17.9 Å². The molecule has 0 bridgehead atoms. The predicted molar refractivity (Wildman–Crippen MR) is 291 cm³/mol. The Bertz CT molecular complexity index is 1920. The molecule has 1 amide bonds. The Morgan fingerprint density at radius 3 is 1.33 bits per heavy atom. The summed E-state index contributed by atoms with van der Waals surface area (Å²) in [5.41, 5.74) is -0.313. The highest BCUT2D eigenvalue weighted by molar-refractivity contribution is 5.78. The van der Waals surface area contributed by atoms with Crippen molar-refractivity contribution in [3.63, 3.8) is 0 Å². The van der Waals surface area contributed by atoms with Crippen molar-refractivity contribution in [2.75, 3.05) is 20.3 Å². The first-order valence-electron chi connectivity index (χ1n) is 28.4. The van der Waals surface area contributed by atoms with Crippen molar-refractivity contribution in [3.8, 4) is 11.5 Å². The van der Waals surface area contributed by atoms with Crippen LogP contribution in [-0.4, -0.2) is 79.1 Å². The summed E-state index contributed by atoms with van der Waals surface area (Å²) in [6.45, 7) is 8.40. The molecule has 0 unspecified atom stereocenters. The zero-order valence-corrected chi connectivity index (χ0v) is 45.8. The molecule has 11 nitrogen and oxygen atoms in total. The molecule has 0 saturated carbocycles. The van der Waals surface area contributed by atoms with Crippen molar-refractivity contribution in [3.05, 3.63) is 96.1 Å². The molecule has 1 heterocycles. The standard InChI is InChI=1S/C62H93NO10/c1-7-9-11-13-15-17-18-19-20-21-22-23-25-27-29-37-47-63(57(67)42-36-28-26-24-16-14-12-10-8-2)62(58(52-38-32-30-33-39-52)53-40-34-31-35-41-53)61(72-51(5)66)60(71-50(4)65)59(70-49(3)64)56(73-62)48-69-55-45-43-54(68-6)44-46-55/h30-35,38-41,43-46,56,58-61H,7-29,36-37,42,47-48H2,1-6H3/t56-,59-,60+,61-,62-/m1/s1. The first-order chi connectivity index (χ1) is 35.5. The number of carbonyl (C=O) groups excluding carboxylic acids is 4. The van der Waals surface area contributed by atoms with Gasteiger partial charge in [-0.2, -0.15) is 0 Å². The minimum absolute atomic E-state index is 0.166. The number of benzene rings is 3. The van der Waals surface area contributed by atoms with E-state index >= 15 is 4.79 Å². The number of rotatable bonds is 38. The molecule has 0 N–H and O–H groups in total. The van der Waals surface area contributed by atoms with E-state index in [2.05, 4.69) is 13.8 Å². The van der Waals surface area contributed by atoms with Crippen LogP contribution in [0.1, 0.15) is 219 Å². The van der Waals surface area contributed by atoms with E-state index < -0.39 is 54.0 Å². The van der Waals surface area contributed by atoms with E-state index in [4.69, 9.17) is 28.4 Å². The molecule has 4 rings (SSSR count). The van der Waals surface area contributed by atoms with Crippen molar-refractivity contribution in [1.29, 1.82) is 0 Å². The van der Waals surface area contributed by atoms with Gasteiger partial charge in [0.25, 0.3) is 0 Å². The maximum absolute atomic E-state index is 15.6. The second-order valence-electron chi connectivity index (χ2n) is 20.3. The molecule has 0 radical (unpaired) electrons. The van der Waals surface area contributed by atoms with Gasteiger partial charge < -0.3 is 33.3 Å². The topological polar surface area (TPSA) is 127 Å². The van der Waals surface area contributed by atoms with Gasteiger partial charge in [0, 0.05) is 33.7 Å². The minimum atomic E-state index is -1.87. The predicted octanol–water partition coefficient (Wildman–Crippen LogP) is 14.8. The number of hydrogen-bond acceptors (Lipinski definition) is 10. The molecule has 73 heavy (non-hydrogen) atoms. The minimum Gasteiger partial charge on any atom is -0.497 e. The molecular formula is C62H93NO10. The van der Waals surface area contributed by atoms with Gasteiger partial charge in [-0.25, -0.2) is 0 Å². The Morgan fingerprint density at radius 1 is 0.507 bits per heavy atom. The van der Waals surface area contributed by atoms with Crippen LogP contribution in [0.4, 0.5) is 0 Å². The molecule has 11 heteroatoms. The van der Waals surface area contributed by atoms with E-state index in [0.29, 0.717) is 24.3 Å². The molecule has 406 valence electrons.